The number of piperidine rings is 1. The molecule has 2 aromatic rings. The van der Waals surface area contributed by atoms with Crippen LogP contribution in [0.25, 0.3) is 10.2 Å². The van der Waals surface area contributed by atoms with Gasteiger partial charge in [-0.15, -0.1) is 11.3 Å². The van der Waals surface area contributed by atoms with Crippen molar-refractivity contribution in [3.63, 3.8) is 0 Å². The highest BCUT2D eigenvalue weighted by Crippen LogP contribution is 2.36. The molecule has 0 bridgehead atoms. The number of para-hydroxylation sites is 1. The number of benzene rings is 1. The predicted molar refractivity (Wildman–Crippen MR) is 93.4 cm³/mol. The minimum Gasteiger partial charge on any atom is -0.392 e. The van der Waals surface area contributed by atoms with Crippen molar-refractivity contribution in [1.82, 2.24) is 9.88 Å². The first-order valence-corrected chi connectivity index (χ1v) is 9.21. The monoisotopic (exact) mass is 332 g/mol. The highest BCUT2D eigenvalue weighted by molar-refractivity contribution is 7.18. The van der Waals surface area contributed by atoms with Crippen LogP contribution in [0.3, 0.4) is 0 Å². The maximum Gasteiger partial charge on any atom is 0.225 e. The number of amides is 1. The van der Waals surface area contributed by atoms with E-state index in [1.165, 1.54) is 4.70 Å². The Morgan fingerprint density at radius 1 is 1.39 bits per heavy atom. The standard InChI is InChI=1S/C18H24N2O2S/c1-12(2)15(21)11-17(22)20-10-6-5-8-14(20)18-19-13-7-3-4-9-16(13)23-18/h3-4,7,9,12,14-15,21H,5-6,8,10-11H2,1-2H3. The number of likely N-dealkylation sites (tertiary alicyclic amines) is 1. The Labute approximate surface area is 141 Å². The summed E-state index contributed by atoms with van der Waals surface area (Å²) in [6, 6.07) is 8.18. The predicted octanol–water partition coefficient (Wildman–Crippen LogP) is 3.76. The molecule has 1 aromatic carbocycles. The van der Waals surface area contributed by atoms with E-state index in [2.05, 4.69) is 6.07 Å². The molecule has 0 radical (unpaired) electrons. The van der Waals surface area contributed by atoms with E-state index in [-0.39, 0.29) is 24.3 Å². The SMILES string of the molecule is CC(C)C(O)CC(=O)N1CCCCC1c1nc2ccccc2s1. The van der Waals surface area contributed by atoms with Crippen LogP contribution < -0.4 is 0 Å². The molecule has 1 aromatic heterocycles. The van der Waals surface area contributed by atoms with Crippen molar-refractivity contribution in [3.05, 3.63) is 29.3 Å². The molecule has 0 saturated carbocycles. The number of fused-ring (bicyclic) bond motifs is 1. The molecule has 2 atom stereocenters. The van der Waals surface area contributed by atoms with Crippen LogP contribution in [0.2, 0.25) is 0 Å². The fraction of sp³-hybridized carbons (Fsp3) is 0.556. The van der Waals surface area contributed by atoms with E-state index in [0.29, 0.717) is 0 Å². The van der Waals surface area contributed by atoms with E-state index in [1.54, 1.807) is 11.3 Å². The lowest BCUT2D eigenvalue weighted by Gasteiger charge is -2.35. The zero-order valence-electron chi connectivity index (χ0n) is 13.7. The van der Waals surface area contributed by atoms with Gasteiger partial charge in [0, 0.05) is 6.54 Å². The highest BCUT2D eigenvalue weighted by atomic mass is 32.1. The Morgan fingerprint density at radius 3 is 2.91 bits per heavy atom. The van der Waals surface area contributed by atoms with Gasteiger partial charge in [-0.25, -0.2) is 4.98 Å². The van der Waals surface area contributed by atoms with Crippen molar-refractivity contribution >= 4 is 27.5 Å². The molecule has 1 amide bonds. The van der Waals surface area contributed by atoms with Crippen LogP contribution >= 0.6 is 11.3 Å². The van der Waals surface area contributed by atoms with Gasteiger partial charge in [-0.2, -0.15) is 0 Å². The van der Waals surface area contributed by atoms with Crippen molar-refractivity contribution in [2.75, 3.05) is 6.54 Å². The quantitative estimate of drug-likeness (QED) is 0.927. The van der Waals surface area contributed by atoms with Gasteiger partial charge in [0.15, 0.2) is 0 Å². The van der Waals surface area contributed by atoms with Gasteiger partial charge in [-0.3, -0.25) is 4.79 Å². The Kier molecular flexibility index (Phi) is 4.97. The summed E-state index contributed by atoms with van der Waals surface area (Å²) in [4.78, 5) is 19.3. The largest absolute Gasteiger partial charge is 0.392 e. The maximum absolute atomic E-state index is 12.7. The Bertz CT molecular complexity index is 649. The van der Waals surface area contributed by atoms with Crippen LogP contribution in [-0.2, 0) is 4.79 Å². The molecular formula is C18H24N2O2S. The fourth-order valence-corrected chi connectivity index (χ4v) is 4.17. The van der Waals surface area contributed by atoms with E-state index >= 15 is 0 Å². The minimum absolute atomic E-state index is 0.0511. The summed E-state index contributed by atoms with van der Waals surface area (Å²) >= 11 is 1.68. The van der Waals surface area contributed by atoms with Gasteiger partial charge in [-0.1, -0.05) is 26.0 Å². The second-order valence-electron chi connectivity index (χ2n) is 6.63. The molecule has 124 valence electrons. The molecule has 1 fully saturated rings. The molecule has 5 heteroatoms. The third-order valence-electron chi connectivity index (χ3n) is 4.57. The van der Waals surface area contributed by atoms with Crippen LogP contribution in [-0.4, -0.2) is 33.5 Å². The van der Waals surface area contributed by atoms with Crippen LogP contribution in [0.15, 0.2) is 24.3 Å². The number of rotatable bonds is 4. The van der Waals surface area contributed by atoms with E-state index in [9.17, 15) is 9.90 Å². The number of aromatic nitrogens is 1. The van der Waals surface area contributed by atoms with Crippen molar-refractivity contribution in [2.45, 2.75) is 51.7 Å². The number of thiazole rings is 1. The molecule has 1 aliphatic rings. The molecule has 1 saturated heterocycles. The Hall–Kier alpha value is -1.46. The molecular weight excluding hydrogens is 308 g/mol. The van der Waals surface area contributed by atoms with Crippen molar-refractivity contribution in [2.24, 2.45) is 5.92 Å². The summed E-state index contributed by atoms with van der Waals surface area (Å²) in [7, 11) is 0. The van der Waals surface area contributed by atoms with E-state index in [1.807, 2.05) is 36.9 Å². The number of hydrogen-bond acceptors (Lipinski definition) is 4. The molecule has 1 N–H and O–H groups in total. The Morgan fingerprint density at radius 2 is 2.17 bits per heavy atom. The first-order chi connectivity index (χ1) is 11.1. The summed E-state index contributed by atoms with van der Waals surface area (Å²) in [5, 5.41) is 11.1. The van der Waals surface area contributed by atoms with Gasteiger partial charge in [-0.05, 0) is 37.3 Å². The molecule has 1 aliphatic heterocycles. The smallest absolute Gasteiger partial charge is 0.225 e. The lowest BCUT2D eigenvalue weighted by molar-refractivity contribution is -0.137. The third-order valence-corrected chi connectivity index (χ3v) is 5.71. The summed E-state index contributed by atoms with van der Waals surface area (Å²) < 4.78 is 1.17. The Balaban J connectivity index is 1.82. The zero-order valence-corrected chi connectivity index (χ0v) is 14.6. The second kappa shape index (κ2) is 6.97. The molecule has 4 nitrogen and oxygen atoms in total. The average Bonchev–Trinajstić information content (AvgIpc) is 2.98. The summed E-state index contributed by atoms with van der Waals surface area (Å²) in [5.41, 5.74) is 1.01. The van der Waals surface area contributed by atoms with Crippen molar-refractivity contribution in [1.29, 1.82) is 0 Å². The van der Waals surface area contributed by atoms with E-state index < -0.39 is 6.10 Å². The molecule has 0 aliphatic carbocycles. The van der Waals surface area contributed by atoms with Crippen LogP contribution in [0.1, 0.15) is 50.6 Å². The lowest BCUT2D eigenvalue weighted by atomic mass is 9.99. The van der Waals surface area contributed by atoms with E-state index in [4.69, 9.17) is 4.98 Å². The first kappa shape index (κ1) is 16.4. The van der Waals surface area contributed by atoms with Crippen LogP contribution in [0, 0.1) is 5.92 Å². The number of hydrogen-bond donors (Lipinski definition) is 1. The van der Waals surface area contributed by atoms with Gasteiger partial charge < -0.3 is 10.0 Å². The molecule has 0 spiro atoms. The molecule has 2 heterocycles. The second-order valence-corrected chi connectivity index (χ2v) is 7.70. The van der Waals surface area contributed by atoms with E-state index in [0.717, 1.165) is 36.3 Å². The summed E-state index contributed by atoms with van der Waals surface area (Å²) in [5.74, 6) is 0.153. The molecule has 3 rings (SSSR count). The van der Waals surface area contributed by atoms with Gasteiger partial charge in [0.2, 0.25) is 5.91 Å². The number of aliphatic hydroxyl groups is 1. The fourth-order valence-electron chi connectivity index (χ4n) is 3.05. The van der Waals surface area contributed by atoms with Crippen molar-refractivity contribution < 1.29 is 9.90 Å². The number of nitrogens with zero attached hydrogens (tertiary/aromatic N) is 2. The van der Waals surface area contributed by atoms with Gasteiger partial charge in [0.05, 0.1) is 28.8 Å². The van der Waals surface area contributed by atoms with Gasteiger partial charge in [0.1, 0.15) is 5.01 Å². The lowest BCUT2D eigenvalue weighted by Crippen LogP contribution is -2.40. The third kappa shape index (κ3) is 3.56. The topological polar surface area (TPSA) is 53.4 Å². The zero-order chi connectivity index (χ0) is 16.4. The molecule has 2 unspecified atom stereocenters. The maximum atomic E-state index is 12.7. The van der Waals surface area contributed by atoms with Crippen molar-refractivity contribution in [3.8, 4) is 0 Å². The highest BCUT2D eigenvalue weighted by Gasteiger charge is 2.31. The van der Waals surface area contributed by atoms with Gasteiger partial charge in [0.25, 0.3) is 0 Å². The number of aliphatic hydroxyl groups excluding tert-OH is 1. The number of carbonyl (C=O) groups is 1. The minimum atomic E-state index is -0.569. The first-order valence-electron chi connectivity index (χ1n) is 8.39. The average molecular weight is 332 g/mol. The number of carbonyl (C=O) groups excluding carboxylic acids is 1. The normalized spacial score (nSPS) is 20.2. The van der Waals surface area contributed by atoms with Crippen LogP contribution in [0.4, 0.5) is 0 Å². The summed E-state index contributed by atoms with van der Waals surface area (Å²) in [6.07, 6.45) is 2.75. The molecule has 23 heavy (non-hydrogen) atoms. The van der Waals surface area contributed by atoms with Gasteiger partial charge >= 0.3 is 0 Å². The summed E-state index contributed by atoms with van der Waals surface area (Å²) in [6.45, 7) is 4.66. The van der Waals surface area contributed by atoms with Crippen LogP contribution in [0.5, 0.6) is 0 Å².